The van der Waals surface area contributed by atoms with Crippen LogP contribution in [-0.4, -0.2) is 52.9 Å². The fourth-order valence-corrected chi connectivity index (χ4v) is 3.68. The highest BCUT2D eigenvalue weighted by Crippen LogP contribution is 2.23. The van der Waals surface area contributed by atoms with E-state index in [1.165, 1.54) is 0 Å². The van der Waals surface area contributed by atoms with Crippen molar-refractivity contribution in [1.29, 1.82) is 0 Å². The third kappa shape index (κ3) is 4.77. The maximum absolute atomic E-state index is 13.0. The molecule has 1 aliphatic rings. The van der Waals surface area contributed by atoms with Gasteiger partial charge in [0.15, 0.2) is 0 Å². The van der Waals surface area contributed by atoms with Gasteiger partial charge in [-0.2, -0.15) is 0 Å². The Balaban J connectivity index is 1.35. The maximum Gasteiger partial charge on any atom is 0.254 e. The second-order valence-electron chi connectivity index (χ2n) is 7.60. The monoisotopic (exact) mass is 419 g/mol. The van der Waals surface area contributed by atoms with Crippen LogP contribution in [0.3, 0.4) is 0 Å². The van der Waals surface area contributed by atoms with E-state index in [9.17, 15) is 9.59 Å². The second-order valence-corrected chi connectivity index (χ2v) is 7.60. The van der Waals surface area contributed by atoms with E-state index in [1.807, 2.05) is 56.3 Å². The van der Waals surface area contributed by atoms with Gasteiger partial charge in [0.05, 0.1) is 12.1 Å². The first-order valence-corrected chi connectivity index (χ1v) is 10.3. The normalized spacial score (nSPS) is 13.9. The van der Waals surface area contributed by atoms with Crippen LogP contribution in [0.25, 0.3) is 0 Å². The zero-order valence-corrected chi connectivity index (χ0v) is 17.7. The molecule has 0 atom stereocenters. The molecule has 160 valence electrons. The zero-order chi connectivity index (χ0) is 21.8. The van der Waals surface area contributed by atoms with E-state index in [2.05, 4.69) is 5.16 Å². The van der Waals surface area contributed by atoms with Gasteiger partial charge in [0.1, 0.15) is 17.3 Å². The van der Waals surface area contributed by atoms with Gasteiger partial charge in [0, 0.05) is 37.3 Å². The summed E-state index contributed by atoms with van der Waals surface area (Å²) in [5.41, 5.74) is 2.17. The molecule has 31 heavy (non-hydrogen) atoms. The van der Waals surface area contributed by atoms with Gasteiger partial charge in [-0.1, -0.05) is 29.4 Å². The second kappa shape index (κ2) is 9.04. The van der Waals surface area contributed by atoms with Crippen LogP contribution in [0.2, 0.25) is 0 Å². The van der Waals surface area contributed by atoms with E-state index in [0.717, 1.165) is 17.0 Å². The number of ether oxygens (including phenoxy) is 1. The Morgan fingerprint density at radius 1 is 0.935 bits per heavy atom. The molecule has 1 fully saturated rings. The summed E-state index contributed by atoms with van der Waals surface area (Å²) < 4.78 is 11.0. The first kappa shape index (κ1) is 20.7. The number of aromatic nitrogens is 1. The van der Waals surface area contributed by atoms with Crippen molar-refractivity contribution in [1.82, 2.24) is 15.0 Å². The maximum atomic E-state index is 13.0. The minimum Gasteiger partial charge on any atom is -0.457 e. The van der Waals surface area contributed by atoms with Crippen molar-refractivity contribution in [3.63, 3.8) is 0 Å². The molecule has 1 saturated heterocycles. The summed E-state index contributed by atoms with van der Waals surface area (Å²) in [6.45, 7) is 5.66. The van der Waals surface area contributed by atoms with Crippen LogP contribution in [0.4, 0.5) is 0 Å². The molecule has 2 amide bonds. The Morgan fingerprint density at radius 3 is 2.29 bits per heavy atom. The Bertz CT molecular complexity index is 1050. The van der Waals surface area contributed by atoms with Gasteiger partial charge >= 0.3 is 0 Å². The average Bonchev–Trinajstić information content (AvgIpc) is 3.11. The molecule has 0 saturated carbocycles. The van der Waals surface area contributed by atoms with Crippen molar-refractivity contribution < 1.29 is 18.8 Å². The number of para-hydroxylation sites is 1. The van der Waals surface area contributed by atoms with Crippen LogP contribution in [0, 0.1) is 13.8 Å². The Labute approximate surface area is 181 Å². The predicted molar refractivity (Wildman–Crippen MR) is 115 cm³/mol. The van der Waals surface area contributed by atoms with Gasteiger partial charge in [-0.25, -0.2) is 0 Å². The van der Waals surface area contributed by atoms with Crippen LogP contribution >= 0.6 is 0 Å². The number of amides is 2. The third-order valence-electron chi connectivity index (χ3n) is 5.49. The molecule has 1 aliphatic heterocycles. The molecule has 0 N–H and O–H groups in total. The quantitative estimate of drug-likeness (QED) is 0.632. The molecule has 0 bridgehead atoms. The van der Waals surface area contributed by atoms with Gasteiger partial charge in [-0.15, -0.1) is 0 Å². The average molecular weight is 419 g/mol. The number of aryl methyl sites for hydroxylation is 2. The van der Waals surface area contributed by atoms with Gasteiger partial charge in [0.2, 0.25) is 5.91 Å². The predicted octanol–water partition coefficient (Wildman–Crippen LogP) is 3.61. The summed E-state index contributed by atoms with van der Waals surface area (Å²) in [6.07, 6.45) is 0.272. The molecule has 2 aromatic carbocycles. The summed E-state index contributed by atoms with van der Waals surface area (Å²) in [5.74, 6) is 1.98. The number of carbonyl (C=O) groups is 2. The van der Waals surface area contributed by atoms with E-state index in [0.29, 0.717) is 43.3 Å². The minimum absolute atomic E-state index is 0.0276. The topological polar surface area (TPSA) is 75.9 Å². The van der Waals surface area contributed by atoms with Gasteiger partial charge in [-0.3, -0.25) is 9.59 Å². The van der Waals surface area contributed by atoms with Gasteiger partial charge in [-0.05, 0) is 44.2 Å². The van der Waals surface area contributed by atoms with Crippen molar-refractivity contribution in [2.24, 2.45) is 0 Å². The molecule has 0 radical (unpaired) electrons. The summed E-state index contributed by atoms with van der Waals surface area (Å²) in [4.78, 5) is 29.2. The summed E-state index contributed by atoms with van der Waals surface area (Å²) in [5, 5.41) is 3.91. The molecule has 2 heterocycles. The molecule has 0 aliphatic carbocycles. The van der Waals surface area contributed by atoms with Crippen molar-refractivity contribution in [2.75, 3.05) is 26.2 Å². The molecule has 7 nitrogen and oxygen atoms in total. The minimum atomic E-state index is -0.0589. The summed E-state index contributed by atoms with van der Waals surface area (Å²) >= 11 is 0. The molecule has 0 spiro atoms. The van der Waals surface area contributed by atoms with Crippen LogP contribution in [0.5, 0.6) is 11.5 Å². The third-order valence-corrected chi connectivity index (χ3v) is 5.49. The standard InChI is InChI=1S/C24H25N3O4/c1-17-22(18(2)31-25-17)16-23(28)26-11-13-27(14-12-26)24(29)19-7-6-10-21(15-19)30-20-8-4-3-5-9-20/h3-10,15H,11-14,16H2,1-2H3. The number of piperazine rings is 1. The van der Waals surface area contributed by atoms with E-state index in [4.69, 9.17) is 9.26 Å². The van der Waals surface area contributed by atoms with E-state index in [1.54, 1.807) is 21.9 Å². The van der Waals surface area contributed by atoms with E-state index < -0.39 is 0 Å². The summed E-state index contributed by atoms with van der Waals surface area (Å²) in [6, 6.07) is 16.6. The Hall–Kier alpha value is -3.61. The Kier molecular flexibility index (Phi) is 6.02. The molecule has 0 unspecified atom stereocenters. The fraction of sp³-hybridized carbons (Fsp3) is 0.292. The number of benzene rings is 2. The van der Waals surface area contributed by atoms with Crippen molar-refractivity contribution in [3.05, 3.63) is 77.2 Å². The number of carbonyl (C=O) groups excluding carboxylic acids is 2. The van der Waals surface area contributed by atoms with Crippen molar-refractivity contribution in [2.45, 2.75) is 20.3 Å². The number of hydrogen-bond donors (Lipinski definition) is 0. The lowest BCUT2D eigenvalue weighted by atomic mass is 10.1. The zero-order valence-electron chi connectivity index (χ0n) is 17.7. The van der Waals surface area contributed by atoms with Crippen LogP contribution in [-0.2, 0) is 11.2 Å². The first-order valence-electron chi connectivity index (χ1n) is 10.3. The molecular weight excluding hydrogens is 394 g/mol. The lowest BCUT2D eigenvalue weighted by molar-refractivity contribution is -0.131. The molecule has 3 aromatic rings. The molecule has 4 rings (SSSR count). The summed E-state index contributed by atoms with van der Waals surface area (Å²) in [7, 11) is 0. The van der Waals surface area contributed by atoms with Crippen LogP contribution in [0.15, 0.2) is 59.1 Å². The van der Waals surface area contributed by atoms with Crippen molar-refractivity contribution in [3.8, 4) is 11.5 Å². The number of rotatable bonds is 5. The SMILES string of the molecule is Cc1noc(C)c1CC(=O)N1CCN(C(=O)c2cccc(Oc3ccccc3)c2)CC1. The van der Waals surface area contributed by atoms with E-state index in [-0.39, 0.29) is 18.2 Å². The molecular formula is C24H25N3O4. The van der Waals surface area contributed by atoms with Gasteiger partial charge in [0.25, 0.3) is 5.91 Å². The highest BCUT2D eigenvalue weighted by Gasteiger charge is 2.26. The first-order chi connectivity index (χ1) is 15.0. The largest absolute Gasteiger partial charge is 0.457 e. The number of hydrogen-bond acceptors (Lipinski definition) is 5. The van der Waals surface area contributed by atoms with Crippen molar-refractivity contribution >= 4 is 11.8 Å². The van der Waals surface area contributed by atoms with Gasteiger partial charge < -0.3 is 19.1 Å². The number of nitrogens with zero attached hydrogens (tertiary/aromatic N) is 3. The van der Waals surface area contributed by atoms with Crippen LogP contribution < -0.4 is 4.74 Å². The fourth-order valence-electron chi connectivity index (χ4n) is 3.68. The highest BCUT2D eigenvalue weighted by atomic mass is 16.5. The van der Waals surface area contributed by atoms with Crippen LogP contribution in [0.1, 0.15) is 27.4 Å². The smallest absolute Gasteiger partial charge is 0.254 e. The Morgan fingerprint density at radius 2 is 1.61 bits per heavy atom. The molecule has 1 aromatic heterocycles. The lowest BCUT2D eigenvalue weighted by Crippen LogP contribution is -2.51. The highest BCUT2D eigenvalue weighted by molar-refractivity contribution is 5.94. The van der Waals surface area contributed by atoms with E-state index >= 15 is 0 Å². The lowest BCUT2D eigenvalue weighted by Gasteiger charge is -2.35. The molecule has 7 heteroatoms.